The molecule has 1 fully saturated rings. The van der Waals surface area contributed by atoms with Crippen LogP contribution in [0.3, 0.4) is 0 Å². The van der Waals surface area contributed by atoms with E-state index in [1.54, 1.807) is 0 Å². The molecule has 0 aromatic heterocycles. The first-order valence-electron chi connectivity index (χ1n) is 6.30. The molecule has 0 bridgehead atoms. The molecule has 1 rings (SSSR count). The predicted molar refractivity (Wildman–Crippen MR) is 69.4 cm³/mol. The second kappa shape index (κ2) is 7.31. The molecule has 1 amide bonds. The van der Waals surface area contributed by atoms with E-state index in [0.717, 1.165) is 38.9 Å². The maximum absolute atomic E-state index is 12.0. The first kappa shape index (κ1) is 14.0. The molecule has 0 spiro atoms. The molecule has 1 atom stereocenters. The van der Waals surface area contributed by atoms with Crippen LogP contribution in [0.25, 0.3) is 0 Å². The normalized spacial score (nSPS) is 21.2. The topological polar surface area (TPSA) is 49.6 Å². The van der Waals surface area contributed by atoms with Gasteiger partial charge in [-0.25, -0.2) is 0 Å². The van der Waals surface area contributed by atoms with Gasteiger partial charge >= 0.3 is 0 Å². The average molecular weight is 237 g/mol. The number of terminal acetylenes is 1. The van der Waals surface area contributed by atoms with E-state index < -0.39 is 0 Å². The molecule has 1 saturated heterocycles. The second-order valence-electron chi connectivity index (χ2n) is 4.65. The molecular weight excluding hydrogens is 214 g/mol. The molecule has 1 aliphatic rings. The lowest BCUT2D eigenvalue weighted by Gasteiger charge is -2.39. The molecule has 1 aliphatic heterocycles. The van der Waals surface area contributed by atoms with Gasteiger partial charge in [0.05, 0.1) is 6.04 Å². The highest BCUT2D eigenvalue weighted by Crippen LogP contribution is 2.11. The Balaban J connectivity index is 2.36. The number of hydrogen-bond acceptors (Lipinski definition) is 3. The number of likely N-dealkylation sites (N-methyl/N-ethyl adjacent to an activating group) is 1. The van der Waals surface area contributed by atoms with Crippen LogP contribution in [-0.2, 0) is 4.79 Å². The molecule has 0 aromatic rings. The van der Waals surface area contributed by atoms with Crippen LogP contribution in [-0.4, -0.2) is 55.0 Å². The summed E-state index contributed by atoms with van der Waals surface area (Å²) in [4.78, 5) is 16.2. The Kier molecular flexibility index (Phi) is 6.03. The first-order valence-corrected chi connectivity index (χ1v) is 6.30. The van der Waals surface area contributed by atoms with Crippen LogP contribution in [0.4, 0.5) is 0 Å². The second-order valence-corrected chi connectivity index (χ2v) is 4.65. The van der Waals surface area contributed by atoms with Crippen molar-refractivity contribution in [3.05, 3.63) is 0 Å². The molecule has 17 heavy (non-hydrogen) atoms. The summed E-state index contributed by atoms with van der Waals surface area (Å²) < 4.78 is 0. The molecule has 96 valence electrons. The highest BCUT2D eigenvalue weighted by atomic mass is 16.2. The molecular formula is C13H23N3O. The minimum atomic E-state index is 0.175. The number of rotatable bonds is 5. The smallest absolute Gasteiger partial charge is 0.222 e. The van der Waals surface area contributed by atoms with Crippen LogP contribution >= 0.6 is 0 Å². The van der Waals surface area contributed by atoms with Crippen molar-refractivity contribution < 1.29 is 4.79 Å². The molecule has 0 radical (unpaired) electrons. The zero-order chi connectivity index (χ0) is 12.7. The van der Waals surface area contributed by atoms with Gasteiger partial charge in [0.1, 0.15) is 0 Å². The Bertz CT molecular complexity index is 285. The Morgan fingerprint density at radius 2 is 2.24 bits per heavy atom. The fourth-order valence-corrected chi connectivity index (χ4v) is 2.19. The maximum Gasteiger partial charge on any atom is 0.222 e. The van der Waals surface area contributed by atoms with Crippen LogP contribution in [0.5, 0.6) is 0 Å². The summed E-state index contributed by atoms with van der Waals surface area (Å²) >= 11 is 0. The number of unbranched alkanes of at least 4 members (excludes halogenated alkanes) is 2. The summed E-state index contributed by atoms with van der Waals surface area (Å²) in [5.74, 6) is 2.82. The molecule has 0 aliphatic carbocycles. The Labute approximate surface area is 104 Å². The number of carbonyl (C=O) groups excluding carboxylic acids is 1. The summed E-state index contributed by atoms with van der Waals surface area (Å²) in [6, 6.07) is 0.175. The Morgan fingerprint density at radius 3 is 2.88 bits per heavy atom. The lowest BCUT2D eigenvalue weighted by atomic mass is 10.1. The van der Waals surface area contributed by atoms with Gasteiger partial charge < -0.3 is 15.5 Å². The van der Waals surface area contributed by atoms with Crippen molar-refractivity contribution in [2.24, 2.45) is 5.73 Å². The van der Waals surface area contributed by atoms with E-state index in [1.165, 1.54) is 0 Å². The third kappa shape index (κ3) is 4.37. The fourth-order valence-electron chi connectivity index (χ4n) is 2.19. The summed E-state index contributed by atoms with van der Waals surface area (Å²) in [6.45, 7) is 3.16. The summed E-state index contributed by atoms with van der Waals surface area (Å²) in [6.07, 6.45) is 8.35. The highest BCUT2D eigenvalue weighted by Gasteiger charge is 2.27. The molecule has 1 heterocycles. The minimum absolute atomic E-state index is 0.175. The van der Waals surface area contributed by atoms with E-state index in [4.69, 9.17) is 12.2 Å². The van der Waals surface area contributed by atoms with Crippen molar-refractivity contribution in [3.63, 3.8) is 0 Å². The monoisotopic (exact) mass is 237 g/mol. The SMILES string of the molecule is C#CCCCCC(=O)N1CCN(C)CC1CN. The highest BCUT2D eigenvalue weighted by molar-refractivity contribution is 5.76. The average Bonchev–Trinajstić information content (AvgIpc) is 2.34. The number of piperazine rings is 1. The van der Waals surface area contributed by atoms with Gasteiger partial charge in [0.15, 0.2) is 0 Å². The van der Waals surface area contributed by atoms with E-state index in [2.05, 4.69) is 17.9 Å². The van der Waals surface area contributed by atoms with Crippen LogP contribution < -0.4 is 5.73 Å². The van der Waals surface area contributed by atoms with Crippen molar-refractivity contribution >= 4 is 5.91 Å². The van der Waals surface area contributed by atoms with E-state index in [0.29, 0.717) is 13.0 Å². The summed E-state index contributed by atoms with van der Waals surface area (Å²) in [5, 5.41) is 0. The van der Waals surface area contributed by atoms with Gasteiger partial charge in [-0.2, -0.15) is 0 Å². The standard InChI is InChI=1S/C13H23N3O/c1-3-4-5-6-7-13(17)16-9-8-15(2)11-12(16)10-14/h1,12H,4-11,14H2,2H3. The van der Waals surface area contributed by atoms with E-state index >= 15 is 0 Å². The van der Waals surface area contributed by atoms with Gasteiger partial charge in [0, 0.05) is 39.0 Å². The number of nitrogens with two attached hydrogens (primary N) is 1. The Morgan fingerprint density at radius 1 is 1.47 bits per heavy atom. The molecule has 2 N–H and O–H groups in total. The van der Waals surface area contributed by atoms with Gasteiger partial charge in [0.2, 0.25) is 5.91 Å². The summed E-state index contributed by atoms with van der Waals surface area (Å²) in [5.41, 5.74) is 5.72. The molecule has 4 nitrogen and oxygen atoms in total. The lowest BCUT2D eigenvalue weighted by Crippen LogP contribution is -2.56. The number of hydrogen-bond donors (Lipinski definition) is 1. The molecule has 0 aromatic carbocycles. The third-order valence-corrected chi connectivity index (χ3v) is 3.24. The lowest BCUT2D eigenvalue weighted by molar-refractivity contribution is -0.135. The van der Waals surface area contributed by atoms with Crippen molar-refractivity contribution in [1.29, 1.82) is 0 Å². The quantitative estimate of drug-likeness (QED) is 0.552. The van der Waals surface area contributed by atoms with Crippen molar-refractivity contribution in [3.8, 4) is 12.3 Å². The Hall–Kier alpha value is -1.05. The molecule has 4 heteroatoms. The number of carbonyl (C=O) groups is 1. The van der Waals surface area contributed by atoms with Crippen LogP contribution in [0.15, 0.2) is 0 Å². The first-order chi connectivity index (χ1) is 8.19. The largest absolute Gasteiger partial charge is 0.336 e. The van der Waals surface area contributed by atoms with Gasteiger partial charge in [-0.3, -0.25) is 4.79 Å². The van der Waals surface area contributed by atoms with Crippen LogP contribution in [0.1, 0.15) is 25.7 Å². The third-order valence-electron chi connectivity index (χ3n) is 3.24. The maximum atomic E-state index is 12.0. The van der Waals surface area contributed by atoms with Gasteiger partial charge in [-0.05, 0) is 19.9 Å². The van der Waals surface area contributed by atoms with Crippen molar-refractivity contribution in [2.75, 3.05) is 33.2 Å². The van der Waals surface area contributed by atoms with Gasteiger partial charge in [-0.1, -0.05) is 0 Å². The fraction of sp³-hybridized carbons (Fsp3) is 0.769. The molecule has 0 saturated carbocycles. The number of nitrogens with zero attached hydrogens (tertiary/aromatic N) is 2. The van der Waals surface area contributed by atoms with Gasteiger partial charge in [0.25, 0.3) is 0 Å². The zero-order valence-corrected chi connectivity index (χ0v) is 10.7. The number of amides is 1. The van der Waals surface area contributed by atoms with E-state index in [-0.39, 0.29) is 11.9 Å². The summed E-state index contributed by atoms with van der Waals surface area (Å²) in [7, 11) is 2.07. The zero-order valence-electron chi connectivity index (χ0n) is 10.7. The molecule has 1 unspecified atom stereocenters. The van der Waals surface area contributed by atoms with E-state index in [1.807, 2.05) is 4.90 Å². The van der Waals surface area contributed by atoms with Crippen molar-refractivity contribution in [2.45, 2.75) is 31.7 Å². The predicted octanol–water partition coefficient (Wildman–Crippen LogP) is 0.281. The minimum Gasteiger partial charge on any atom is -0.336 e. The van der Waals surface area contributed by atoms with E-state index in [9.17, 15) is 4.79 Å². The van der Waals surface area contributed by atoms with Crippen molar-refractivity contribution in [1.82, 2.24) is 9.80 Å². The van der Waals surface area contributed by atoms with Crippen LogP contribution in [0, 0.1) is 12.3 Å². The van der Waals surface area contributed by atoms with Gasteiger partial charge in [-0.15, -0.1) is 12.3 Å². The van der Waals surface area contributed by atoms with Crippen LogP contribution in [0.2, 0.25) is 0 Å².